The first-order valence-corrected chi connectivity index (χ1v) is 8.70. The number of nitrogens with zero attached hydrogens (tertiary/aromatic N) is 1. The second-order valence-corrected chi connectivity index (χ2v) is 6.54. The van der Waals surface area contributed by atoms with Crippen LogP contribution >= 0.6 is 0 Å². The van der Waals surface area contributed by atoms with E-state index in [1.807, 2.05) is 7.11 Å². The average Bonchev–Trinajstić information content (AvgIpc) is 2.63. The Morgan fingerprint density at radius 1 is 0.783 bits per heavy atom. The number of ether oxygens (including phenoxy) is 1. The van der Waals surface area contributed by atoms with E-state index in [0.717, 1.165) is 13.1 Å². The van der Waals surface area contributed by atoms with Crippen LogP contribution in [0.1, 0.15) is 36.8 Å². The standard InChI is InChI=1S/C21H27NO/c1-23-21-14-12-20(13-15-21)22(16-18-8-4-2-5-9-18)17-19-10-6-3-7-11-19/h2-11,20-21H,12-17H2,1H3/t20-,21+. The Kier molecular flexibility index (Phi) is 5.84. The molecule has 0 bridgehead atoms. The molecule has 1 saturated carbocycles. The van der Waals surface area contributed by atoms with Crippen molar-refractivity contribution in [2.75, 3.05) is 7.11 Å². The highest BCUT2D eigenvalue weighted by Gasteiger charge is 2.25. The summed E-state index contributed by atoms with van der Waals surface area (Å²) in [5.41, 5.74) is 2.80. The Morgan fingerprint density at radius 3 is 1.70 bits per heavy atom. The van der Waals surface area contributed by atoms with Crippen LogP contribution in [0, 0.1) is 0 Å². The molecule has 2 nitrogen and oxygen atoms in total. The third kappa shape index (κ3) is 4.66. The predicted octanol–water partition coefficient (Wildman–Crippen LogP) is 4.65. The molecule has 122 valence electrons. The van der Waals surface area contributed by atoms with Crippen LogP contribution in [0.25, 0.3) is 0 Å². The maximum absolute atomic E-state index is 5.54. The molecule has 0 unspecified atom stereocenters. The lowest BCUT2D eigenvalue weighted by molar-refractivity contribution is 0.0341. The number of rotatable bonds is 6. The first kappa shape index (κ1) is 16.2. The van der Waals surface area contributed by atoms with Gasteiger partial charge in [-0.15, -0.1) is 0 Å². The van der Waals surface area contributed by atoms with Crippen LogP contribution in [-0.4, -0.2) is 24.2 Å². The molecule has 0 amide bonds. The van der Waals surface area contributed by atoms with Crippen LogP contribution in [0.5, 0.6) is 0 Å². The highest BCUT2D eigenvalue weighted by molar-refractivity contribution is 5.17. The van der Waals surface area contributed by atoms with Gasteiger partial charge in [-0.2, -0.15) is 0 Å². The summed E-state index contributed by atoms with van der Waals surface area (Å²) in [6.07, 6.45) is 5.29. The minimum Gasteiger partial charge on any atom is -0.381 e. The van der Waals surface area contributed by atoms with Gasteiger partial charge in [-0.3, -0.25) is 4.90 Å². The minimum absolute atomic E-state index is 0.460. The van der Waals surface area contributed by atoms with E-state index in [0.29, 0.717) is 12.1 Å². The number of benzene rings is 2. The van der Waals surface area contributed by atoms with Gasteiger partial charge in [0.05, 0.1) is 6.10 Å². The predicted molar refractivity (Wildman–Crippen MR) is 95.2 cm³/mol. The highest BCUT2D eigenvalue weighted by Crippen LogP contribution is 2.27. The van der Waals surface area contributed by atoms with Crippen LogP contribution in [-0.2, 0) is 17.8 Å². The molecule has 1 aliphatic rings. The highest BCUT2D eigenvalue weighted by atomic mass is 16.5. The average molecular weight is 309 g/mol. The van der Waals surface area contributed by atoms with Crippen molar-refractivity contribution in [3.8, 4) is 0 Å². The van der Waals surface area contributed by atoms with E-state index in [2.05, 4.69) is 65.6 Å². The van der Waals surface area contributed by atoms with Gasteiger partial charge in [-0.05, 0) is 36.8 Å². The molecule has 0 spiro atoms. The zero-order chi connectivity index (χ0) is 15.9. The normalized spacial score (nSPS) is 21.5. The van der Waals surface area contributed by atoms with E-state index >= 15 is 0 Å². The number of methoxy groups -OCH3 is 1. The Labute approximate surface area is 140 Å². The molecule has 0 aliphatic heterocycles. The third-order valence-electron chi connectivity index (χ3n) is 4.95. The zero-order valence-corrected chi connectivity index (χ0v) is 14.0. The van der Waals surface area contributed by atoms with Gasteiger partial charge in [-0.25, -0.2) is 0 Å². The fourth-order valence-electron chi connectivity index (χ4n) is 3.60. The Balaban J connectivity index is 1.70. The van der Waals surface area contributed by atoms with Crippen LogP contribution in [0.3, 0.4) is 0 Å². The molecule has 2 aromatic carbocycles. The quantitative estimate of drug-likeness (QED) is 0.770. The molecule has 0 heterocycles. The van der Waals surface area contributed by atoms with Gasteiger partial charge in [0.1, 0.15) is 0 Å². The van der Waals surface area contributed by atoms with Gasteiger partial charge in [0.2, 0.25) is 0 Å². The lowest BCUT2D eigenvalue weighted by Gasteiger charge is -2.36. The van der Waals surface area contributed by atoms with Crippen molar-refractivity contribution in [3.63, 3.8) is 0 Å². The molecule has 2 heteroatoms. The maximum atomic E-state index is 5.54. The summed E-state index contributed by atoms with van der Waals surface area (Å²) in [4.78, 5) is 2.65. The van der Waals surface area contributed by atoms with Crippen molar-refractivity contribution in [3.05, 3.63) is 71.8 Å². The Hall–Kier alpha value is -1.64. The monoisotopic (exact) mass is 309 g/mol. The summed E-state index contributed by atoms with van der Waals surface area (Å²) in [5, 5.41) is 0. The van der Waals surface area contributed by atoms with Crippen molar-refractivity contribution in [1.82, 2.24) is 4.90 Å². The summed E-state index contributed by atoms with van der Waals surface area (Å²) in [6.45, 7) is 2.05. The minimum atomic E-state index is 0.460. The second-order valence-electron chi connectivity index (χ2n) is 6.54. The Bertz CT molecular complexity index is 519. The maximum Gasteiger partial charge on any atom is 0.0572 e. The Morgan fingerprint density at radius 2 is 1.26 bits per heavy atom. The van der Waals surface area contributed by atoms with E-state index in [1.54, 1.807) is 0 Å². The van der Waals surface area contributed by atoms with E-state index < -0.39 is 0 Å². The summed E-state index contributed by atoms with van der Waals surface area (Å²) in [6, 6.07) is 22.3. The molecular formula is C21H27NO. The molecule has 0 aromatic heterocycles. The summed E-state index contributed by atoms with van der Waals surface area (Å²) < 4.78 is 5.54. The molecule has 23 heavy (non-hydrogen) atoms. The van der Waals surface area contributed by atoms with Crippen LogP contribution in [0.15, 0.2) is 60.7 Å². The van der Waals surface area contributed by atoms with Gasteiger partial charge in [0, 0.05) is 26.2 Å². The van der Waals surface area contributed by atoms with Crippen LogP contribution in [0.4, 0.5) is 0 Å². The van der Waals surface area contributed by atoms with Gasteiger partial charge >= 0.3 is 0 Å². The largest absolute Gasteiger partial charge is 0.381 e. The fourth-order valence-corrected chi connectivity index (χ4v) is 3.60. The molecular weight excluding hydrogens is 282 g/mol. The van der Waals surface area contributed by atoms with E-state index in [-0.39, 0.29) is 0 Å². The lowest BCUT2D eigenvalue weighted by Crippen LogP contribution is -2.38. The topological polar surface area (TPSA) is 12.5 Å². The van der Waals surface area contributed by atoms with Crippen molar-refractivity contribution in [2.24, 2.45) is 0 Å². The molecule has 2 aromatic rings. The summed E-state index contributed by atoms with van der Waals surface area (Å²) in [5.74, 6) is 0. The van der Waals surface area contributed by atoms with Crippen molar-refractivity contribution >= 4 is 0 Å². The van der Waals surface area contributed by atoms with Crippen molar-refractivity contribution < 1.29 is 4.74 Å². The van der Waals surface area contributed by atoms with E-state index in [4.69, 9.17) is 4.74 Å². The third-order valence-corrected chi connectivity index (χ3v) is 4.95. The fraction of sp³-hybridized carbons (Fsp3) is 0.429. The van der Waals surface area contributed by atoms with Crippen molar-refractivity contribution in [2.45, 2.75) is 50.9 Å². The molecule has 0 N–H and O–H groups in total. The van der Waals surface area contributed by atoms with Gasteiger partial charge in [0.25, 0.3) is 0 Å². The summed E-state index contributed by atoms with van der Waals surface area (Å²) >= 11 is 0. The zero-order valence-electron chi connectivity index (χ0n) is 14.0. The van der Waals surface area contributed by atoms with Gasteiger partial charge in [0.15, 0.2) is 0 Å². The SMILES string of the molecule is CO[C@H]1CC[C@@H](N(Cc2ccccc2)Cc2ccccc2)CC1. The van der Waals surface area contributed by atoms with Gasteiger partial charge in [-0.1, -0.05) is 60.7 Å². The molecule has 3 rings (SSSR count). The first-order valence-electron chi connectivity index (χ1n) is 8.70. The molecule has 1 aliphatic carbocycles. The molecule has 0 atom stereocenters. The molecule has 0 radical (unpaired) electrons. The summed E-state index contributed by atoms with van der Waals surface area (Å²) in [7, 11) is 1.84. The molecule has 1 fully saturated rings. The first-order chi connectivity index (χ1) is 11.3. The van der Waals surface area contributed by atoms with E-state index in [9.17, 15) is 0 Å². The second kappa shape index (κ2) is 8.28. The smallest absolute Gasteiger partial charge is 0.0572 e. The van der Waals surface area contributed by atoms with Gasteiger partial charge < -0.3 is 4.74 Å². The van der Waals surface area contributed by atoms with Crippen LogP contribution < -0.4 is 0 Å². The van der Waals surface area contributed by atoms with Crippen LogP contribution in [0.2, 0.25) is 0 Å². The molecule has 0 saturated heterocycles. The van der Waals surface area contributed by atoms with Crippen molar-refractivity contribution in [1.29, 1.82) is 0 Å². The number of hydrogen-bond acceptors (Lipinski definition) is 2. The lowest BCUT2D eigenvalue weighted by atomic mass is 9.91. The number of hydrogen-bond donors (Lipinski definition) is 0. The van der Waals surface area contributed by atoms with E-state index in [1.165, 1.54) is 36.8 Å².